The predicted octanol–water partition coefficient (Wildman–Crippen LogP) is 2.11. The van der Waals surface area contributed by atoms with E-state index in [4.69, 9.17) is 4.74 Å². The van der Waals surface area contributed by atoms with Crippen LogP contribution in [0.15, 0.2) is 18.2 Å². The first-order chi connectivity index (χ1) is 10.7. The first kappa shape index (κ1) is 15.3. The standard InChI is InChI=1S/C18H26N2O2/c1-3-19-9-11-20(12-10-19)18(21)14(2)22-17-8-7-15-5-4-6-16(15)13-17/h7-8,13-14H,3-6,9-12H2,1-2H3. The average molecular weight is 302 g/mol. The zero-order chi connectivity index (χ0) is 15.5. The Morgan fingerprint density at radius 1 is 1.18 bits per heavy atom. The highest BCUT2D eigenvalue weighted by Gasteiger charge is 2.25. The third-order valence-electron chi connectivity index (χ3n) is 4.86. The Hall–Kier alpha value is -1.55. The summed E-state index contributed by atoms with van der Waals surface area (Å²) in [6.45, 7) is 8.64. The second-order valence-corrected chi connectivity index (χ2v) is 6.30. The predicted molar refractivity (Wildman–Crippen MR) is 87.3 cm³/mol. The van der Waals surface area contributed by atoms with E-state index in [1.165, 1.54) is 24.0 Å². The Balaban J connectivity index is 1.57. The summed E-state index contributed by atoms with van der Waals surface area (Å²) in [6, 6.07) is 6.26. The van der Waals surface area contributed by atoms with Gasteiger partial charge in [0.05, 0.1) is 0 Å². The molecule has 1 unspecified atom stereocenters. The molecule has 1 aromatic rings. The van der Waals surface area contributed by atoms with Crippen molar-refractivity contribution in [3.63, 3.8) is 0 Å². The molecule has 120 valence electrons. The molecule has 1 atom stereocenters. The molecule has 1 heterocycles. The molecule has 1 aliphatic heterocycles. The van der Waals surface area contributed by atoms with E-state index < -0.39 is 6.10 Å². The van der Waals surface area contributed by atoms with Crippen LogP contribution < -0.4 is 4.74 Å². The normalized spacial score (nSPS) is 19.8. The largest absolute Gasteiger partial charge is 0.481 e. The number of ether oxygens (including phenoxy) is 1. The van der Waals surface area contributed by atoms with Crippen LogP contribution in [0.1, 0.15) is 31.4 Å². The van der Waals surface area contributed by atoms with E-state index in [1.54, 1.807) is 0 Å². The first-order valence-corrected chi connectivity index (χ1v) is 8.47. The first-order valence-electron chi connectivity index (χ1n) is 8.47. The number of rotatable bonds is 4. The fourth-order valence-electron chi connectivity index (χ4n) is 3.42. The molecule has 3 rings (SSSR count). The number of nitrogens with zero attached hydrogens (tertiary/aromatic N) is 2. The molecule has 1 amide bonds. The van der Waals surface area contributed by atoms with E-state index in [0.29, 0.717) is 0 Å². The maximum atomic E-state index is 12.5. The van der Waals surface area contributed by atoms with Crippen LogP contribution in [0.25, 0.3) is 0 Å². The number of piperazine rings is 1. The van der Waals surface area contributed by atoms with Crippen LogP contribution in [-0.4, -0.2) is 54.5 Å². The number of fused-ring (bicyclic) bond motifs is 1. The molecule has 1 fully saturated rings. The van der Waals surface area contributed by atoms with Gasteiger partial charge in [0.15, 0.2) is 6.10 Å². The van der Waals surface area contributed by atoms with E-state index >= 15 is 0 Å². The quantitative estimate of drug-likeness (QED) is 0.854. The number of carbonyl (C=O) groups is 1. The van der Waals surface area contributed by atoms with Crippen LogP contribution in [0.4, 0.5) is 0 Å². The smallest absolute Gasteiger partial charge is 0.263 e. The Kier molecular flexibility index (Phi) is 4.67. The summed E-state index contributed by atoms with van der Waals surface area (Å²) >= 11 is 0. The highest BCUT2D eigenvalue weighted by atomic mass is 16.5. The van der Waals surface area contributed by atoms with Crippen molar-refractivity contribution in [1.29, 1.82) is 0 Å². The fourth-order valence-corrected chi connectivity index (χ4v) is 3.42. The molecular formula is C18H26N2O2. The van der Waals surface area contributed by atoms with Crippen molar-refractivity contribution in [2.75, 3.05) is 32.7 Å². The van der Waals surface area contributed by atoms with Crippen LogP contribution in [0.3, 0.4) is 0 Å². The van der Waals surface area contributed by atoms with Crippen LogP contribution >= 0.6 is 0 Å². The van der Waals surface area contributed by atoms with E-state index in [9.17, 15) is 4.79 Å². The minimum absolute atomic E-state index is 0.108. The maximum Gasteiger partial charge on any atom is 0.263 e. The number of benzene rings is 1. The maximum absolute atomic E-state index is 12.5. The van der Waals surface area contributed by atoms with Gasteiger partial charge in [0, 0.05) is 26.2 Å². The van der Waals surface area contributed by atoms with Crippen LogP contribution in [0.5, 0.6) is 5.75 Å². The zero-order valence-electron chi connectivity index (χ0n) is 13.7. The molecule has 1 aliphatic carbocycles. The number of likely N-dealkylation sites (N-methyl/N-ethyl adjacent to an activating group) is 1. The molecular weight excluding hydrogens is 276 g/mol. The summed E-state index contributed by atoms with van der Waals surface area (Å²) < 4.78 is 5.90. The molecule has 4 nitrogen and oxygen atoms in total. The molecule has 2 aliphatic rings. The van der Waals surface area contributed by atoms with Crippen LogP contribution in [0, 0.1) is 0 Å². The van der Waals surface area contributed by atoms with Crippen LogP contribution in [-0.2, 0) is 17.6 Å². The number of amides is 1. The van der Waals surface area contributed by atoms with Gasteiger partial charge in [-0.3, -0.25) is 4.79 Å². The van der Waals surface area contributed by atoms with Crippen molar-refractivity contribution in [1.82, 2.24) is 9.80 Å². The van der Waals surface area contributed by atoms with Gasteiger partial charge in [-0.2, -0.15) is 0 Å². The van der Waals surface area contributed by atoms with Crippen molar-refractivity contribution >= 4 is 5.91 Å². The van der Waals surface area contributed by atoms with Crippen molar-refractivity contribution < 1.29 is 9.53 Å². The monoisotopic (exact) mass is 302 g/mol. The summed E-state index contributed by atoms with van der Waals surface area (Å²) in [7, 11) is 0. The Morgan fingerprint density at radius 2 is 1.91 bits per heavy atom. The Morgan fingerprint density at radius 3 is 2.64 bits per heavy atom. The second-order valence-electron chi connectivity index (χ2n) is 6.30. The lowest BCUT2D eigenvalue weighted by Gasteiger charge is -2.35. The van der Waals surface area contributed by atoms with Gasteiger partial charge in [0.1, 0.15) is 5.75 Å². The summed E-state index contributed by atoms with van der Waals surface area (Å²) in [5, 5.41) is 0. The lowest BCUT2D eigenvalue weighted by Crippen LogP contribution is -2.51. The minimum Gasteiger partial charge on any atom is -0.481 e. The lowest BCUT2D eigenvalue weighted by molar-refractivity contribution is -0.139. The lowest BCUT2D eigenvalue weighted by atomic mass is 10.1. The summed E-state index contributed by atoms with van der Waals surface area (Å²) in [5.74, 6) is 0.935. The van der Waals surface area contributed by atoms with E-state index in [2.05, 4.69) is 24.0 Å². The van der Waals surface area contributed by atoms with Crippen LogP contribution in [0.2, 0.25) is 0 Å². The molecule has 0 N–H and O–H groups in total. The summed E-state index contributed by atoms with van der Waals surface area (Å²) in [5.41, 5.74) is 2.82. The SMILES string of the molecule is CCN1CCN(C(=O)C(C)Oc2ccc3c(c2)CCC3)CC1. The Bertz CT molecular complexity index is 536. The van der Waals surface area contributed by atoms with Crippen molar-refractivity contribution in [2.45, 2.75) is 39.2 Å². The van der Waals surface area contributed by atoms with Gasteiger partial charge in [0.2, 0.25) is 0 Å². The van der Waals surface area contributed by atoms with E-state index in [1.807, 2.05) is 17.9 Å². The molecule has 4 heteroatoms. The van der Waals surface area contributed by atoms with Gasteiger partial charge in [-0.25, -0.2) is 0 Å². The number of carbonyl (C=O) groups excluding carboxylic acids is 1. The fraction of sp³-hybridized carbons (Fsp3) is 0.611. The number of hydrogen-bond acceptors (Lipinski definition) is 3. The molecule has 1 aromatic carbocycles. The molecule has 1 saturated heterocycles. The van der Waals surface area contributed by atoms with Crippen molar-refractivity contribution in [3.05, 3.63) is 29.3 Å². The molecule has 0 spiro atoms. The third kappa shape index (κ3) is 3.27. The molecule has 0 radical (unpaired) electrons. The highest BCUT2D eigenvalue weighted by Crippen LogP contribution is 2.26. The van der Waals surface area contributed by atoms with Gasteiger partial charge in [-0.15, -0.1) is 0 Å². The molecule has 0 aromatic heterocycles. The van der Waals surface area contributed by atoms with Gasteiger partial charge < -0.3 is 14.5 Å². The van der Waals surface area contributed by atoms with Gasteiger partial charge >= 0.3 is 0 Å². The van der Waals surface area contributed by atoms with Gasteiger partial charge in [-0.1, -0.05) is 13.0 Å². The van der Waals surface area contributed by atoms with E-state index in [-0.39, 0.29) is 5.91 Å². The second kappa shape index (κ2) is 6.69. The number of hydrogen-bond donors (Lipinski definition) is 0. The third-order valence-corrected chi connectivity index (χ3v) is 4.86. The topological polar surface area (TPSA) is 32.8 Å². The van der Waals surface area contributed by atoms with E-state index in [0.717, 1.165) is 44.9 Å². The van der Waals surface area contributed by atoms with Gasteiger partial charge in [-0.05, 0) is 56.0 Å². The molecule has 0 saturated carbocycles. The van der Waals surface area contributed by atoms with Gasteiger partial charge in [0.25, 0.3) is 5.91 Å². The van der Waals surface area contributed by atoms with Crippen molar-refractivity contribution in [3.8, 4) is 5.75 Å². The highest BCUT2D eigenvalue weighted by molar-refractivity contribution is 5.81. The number of aryl methyl sites for hydroxylation is 2. The average Bonchev–Trinajstić information content (AvgIpc) is 3.02. The molecule has 22 heavy (non-hydrogen) atoms. The summed E-state index contributed by atoms with van der Waals surface area (Å²) in [6.07, 6.45) is 3.13. The Labute approximate surface area is 133 Å². The summed E-state index contributed by atoms with van der Waals surface area (Å²) in [4.78, 5) is 16.8. The zero-order valence-corrected chi connectivity index (χ0v) is 13.7. The van der Waals surface area contributed by atoms with Crippen molar-refractivity contribution in [2.24, 2.45) is 0 Å². The molecule has 0 bridgehead atoms. The minimum atomic E-state index is -0.410.